The highest BCUT2D eigenvalue weighted by Crippen LogP contribution is 2.32. The predicted octanol–water partition coefficient (Wildman–Crippen LogP) is 3.06. The van der Waals surface area contributed by atoms with Gasteiger partial charge in [0.1, 0.15) is 17.5 Å². The van der Waals surface area contributed by atoms with Crippen molar-refractivity contribution in [3.8, 4) is 6.07 Å². The molecule has 0 aromatic heterocycles. The van der Waals surface area contributed by atoms with Crippen LogP contribution in [-0.2, 0) is 19.6 Å². The van der Waals surface area contributed by atoms with Gasteiger partial charge in [-0.2, -0.15) is 9.85 Å². The van der Waals surface area contributed by atoms with Gasteiger partial charge < -0.3 is 10.6 Å². The number of quaternary nitrogens is 1. The minimum atomic E-state index is -3.99. The number of amides is 2. The molecule has 3 heterocycles. The van der Waals surface area contributed by atoms with Gasteiger partial charge in [0.05, 0.1) is 17.5 Å². The van der Waals surface area contributed by atoms with Crippen molar-refractivity contribution in [2.45, 2.75) is 79.5 Å². The maximum atomic E-state index is 13.5. The lowest BCUT2D eigenvalue weighted by molar-refractivity contribution is -0.965. The molecule has 1 aromatic rings. The molecule has 4 atom stereocenters. The highest BCUT2D eigenvalue weighted by molar-refractivity contribution is 7.89. The number of hydrogen-bond donors (Lipinski definition) is 3. The van der Waals surface area contributed by atoms with Crippen LogP contribution in [0.2, 0.25) is 0 Å². The van der Waals surface area contributed by atoms with E-state index >= 15 is 0 Å². The number of anilines is 1. The molecule has 0 aliphatic carbocycles. The van der Waals surface area contributed by atoms with Gasteiger partial charge >= 0.3 is 5.91 Å². The molecule has 40 heavy (non-hydrogen) atoms. The van der Waals surface area contributed by atoms with E-state index in [-0.39, 0.29) is 45.8 Å². The van der Waals surface area contributed by atoms with Crippen molar-refractivity contribution in [2.75, 3.05) is 44.6 Å². The number of alkyl halides is 2. The Balaban J connectivity index is 1.50. The molecule has 3 aliphatic heterocycles. The van der Waals surface area contributed by atoms with Crippen LogP contribution in [0.5, 0.6) is 0 Å². The SMILES string of the molecule is N#Cc1ccc(NC(=O)C[N+]23CCCCCCCN2CC(Cl)C(Cl)C3=O)cc1S(=O)(=O)NCCC1CCCCN1. The Morgan fingerprint density at radius 2 is 1.93 bits per heavy atom. The van der Waals surface area contributed by atoms with Crippen molar-refractivity contribution in [3.05, 3.63) is 23.8 Å². The summed E-state index contributed by atoms with van der Waals surface area (Å²) in [4.78, 5) is 26.7. The van der Waals surface area contributed by atoms with Crippen LogP contribution in [0.15, 0.2) is 23.1 Å². The number of carbonyl (C=O) groups is 2. The fraction of sp³-hybridized carbons (Fsp3) is 0.667. The van der Waals surface area contributed by atoms with E-state index < -0.39 is 26.7 Å². The molecule has 0 spiro atoms. The molecule has 4 unspecified atom stereocenters. The van der Waals surface area contributed by atoms with Gasteiger partial charge in [-0.1, -0.05) is 19.3 Å². The largest absolute Gasteiger partial charge is 0.352 e. The molecule has 4 rings (SSSR count). The summed E-state index contributed by atoms with van der Waals surface area (Å²) in [5, 5.41) is 16.2. The quantitative estimate of drug-likeness (QED) is 0.303. The Bertz CT molecular complexity index is 1220. The molecule has 2 amide bonds. The summed E-state index contributed by atoms with van der Waals surface area (Å²) < 4.78 is 28.7. The van der Waals surface area contributed by atoms with Gasteiger partial charge in [-0.25, -0.2) is 17.9 Å². The molecule has 0 bridgehead atoms. The molecule has 0 saturated carbocycles. The average molecular weight is 615 g/mol. The normalized spacial score (nSPS) is 28.4. The van der Waals surface area contributed by atoms with E-state index in [2.05, 4.69) is 15.4 Å². The third-order valence-corrected chi connectivity index (χ3v) is 10.6. The number of sulfonamides is 1. The summed E-state index contributed by atoms with van der Waals surface area (Å²) in [7, 11) is -3.99. The van der Waals surface area contributed by atoms with Crippen molar-refractivity contribution in [1.29, 1.82) is 5.26 Å². The maximum Gasteiger partial charge on any atom is 0.352 e. The lowest BCUT2D eigenvalue weighted by Gasteiger charge is -2.48. The first-order valence-corrected chi connectivity index (χ1v) is 16.5. The number of piperidine rings is 1. The maximum absolute atomic E-state index is 13.5. The van der Waals surface area contributed by atoms with Gasteiger partial charge in [0, 0.05) is 24.8 Å². The number of hydrogen-bond acceptors (Lipinski definition) is 7. The van der Waals surface area contributed by atoms with Gasteiger partial charge in [0.15, 0.2) is 11.9 Å². The molecule has 1 aromatic carbocycles. The fourth-order valence-electron chi connectivity index (χ4n) is 5.93. The zero-order chi connectivity index (χ0) is 28.8. The topological polar surface area (TPSA) is 131 Å². The van der Waals surface area contributed by atoms with Crippen molar-refractivity contribution in [1.82, 2.24) is 15.0 Å². The first-order chi connectivity index (χ1) is 19.2. The number of rotatable bonds is 8. The van der Waals surface area contributed by atoms with E-state index in [9.17, 15) is 23.3 Å². The standard InChI is InChI=1S/C27H38Cl2N6O4S/c28-23-18-34-14-6-2-1-3-7-15-35(34,27(37)26(23)29)19-25(36)33-22-10-9-20(17-30)24(16-22)40(38,39)32-13-11-21-8-4-5-12-31-21/h9-10,16,21,23,26,31-32H,1-8,11-15,18-19H2/p+1. The van der Waals surface area contributed by atoms with Crippen LogP contribution < -0.4 is 15.4 Å². The Morgan fingerprint density at radius 3 is 2.67 bits per heavy atom. The molecule has 13 heteroatoms. The van der Waals surface area contributed by atoms with Crippen molar-refractivity contribution < 1.29 is 22.6 Å². The third-order valence-electron chi connectivity index (χ3n) is 8.11. The average Bonchev–Trinajstić information content (AvgIpc) is 3.03. The second-order valence-corrected chi connectivity index (χ2v) is 13.7. The van der Waals surface area contributed by atoms with Crippen molar-refractivity contribution >= 4 is 50.7 Å². The number of benzene rings is 1. The van der Waals surface area contributed by atoms with E-state index in [1.807, 2.05) is 11.1 Å². The molecule has 3 fully saturated rings. The summed E-state index contributed by atoms with van der Waals surface area (Å²) in [6, 6.07) is 6.36. The van der Waals surface area contributed by atoms with Crippen molar-refractivity contribution in [2.24, 2.45) is 0 Å². The zero-order valence-corrected chi connectivity index (χ0v) is 25.0. The Kier molecular flexibility index (Phi) is 10.8. The van der Waals surface area contributed by atoms with E-state index in [0.29, 0.717) is 26.1 Å². The number of nitriles is 1. The number of nitrogens with zero attached hydrogens (tertiary/aromatic N) is 3. The van der Waals surface area contributed by atoms with E-state index in [0.717, 1.165) is 57.9 Å². The second-order valence-electron chi connectivity index (χ2n) is 10.9. The van der Waals surface area contributed by atoms with E-state index in [1.54, 1.807) is 0 Å². The van der Waals surface area contributed by atoms with Gasteiger partial charge in [0.25, 0.3) is 5.91 Å². The molecular weight excluding hydrogens is 575 g/mol. The molecule has 3 saturated heterocycles. The van der Waals surface area contributed by atoms with Crippen LogP contribution in [0.1, 0.15) is 63.4 Å². The van der Waals surface area contributed by atoms with Crippen LogP contribution in [0.25, 0.3) is 0 Å². The van der Waals surface area contributed by atoms with E-state index in [4.69, 9.17) is 23.2 Å². The number of halogens is 2. The van der Waals surface area contributed by atoms with Crippen LogP contribution >= 0.6 is 23.2 Å². The highest BCUT2D eigenvalue weighted by Gasteiger charge is 2.54. The number of nitrogens with one attached hydrogen (secondary N) is 3. The molecule has 0 radical (unpaired) electrons. The van der Waals surface area contributed by atoms with Crippen LogP contribution in [0.4, 0.5) is 5.69 Å². The van der Waals surface area contributed by atoms with Crippen LogP contribution in [-0.4, -0.2) is 85.9 Å². The van der Waals surface area contributed by atoms with Gasteiger partial charge in [-0.15, -0.1) is 28.2 Å². The molecule has 10 nitrogen and oxygen atoms in total. The van der Waals surface area contributed by atoms with Gasteiger partial charge in [-0.3, -0.25) is 4.79 Å². The summed E-state index contributed by atoms with van der Waals surface area (Å²) in [5.74, 6) is -0.733. The summed E-state index contributed by atoms with van der Waals surface area (Å²) >= 11 is 12.9. The summed E-state index contributed by atoms with van der Waals surface area (Å²) in [6.07, 6.45) is 8.62. The lowest BCUT2D eigenvalue weighted by atomic mass is 10.0. The molecule has 3 N–H and O–H groups in total. The Morgan fingerprint density at radius 1 is 1.15 bits per heavy atom. The van der Waals surface area contributed by atoms with Crippen molar-refractivity contribution in [3.63, 3.8) is 0 Å². The predicted molar refractivity (Wildman–Crippen MR) is 154 cm³/mol. The lowest BCUT2D eigenvalue weighted by Crippen LogP contribution is -2.73. The minimum Gasteiger partial charge on any atom is -0.321 e. The number of carbonyl (C=O) groups excluding carboxylic acids is 2. The fourth-order valence-corrected chi connectivity index (χ4v) is 7.69. The smallest absolute Gasteiger partial charge is 0.321 e. The summed E-state index contributed by atoms with van der Waals surface area (Å²) in [5.41, 5.74) is 0.216. The van der Waals surface area contributed by atoms with Gasteiger partial charge in [0.2, 0.25) is 10.0 Å². The molecule has 220 valence electrons. The van der Waals surface area contributed by atoms with Crippen LogP contribution in [0, 0.1) is 11.3 Å². The van der Waals surface area contributed by atoms with Crippen LogP contribution in [0.3, 0.4) is 0 Å². The van der Waals surface area contributed by atoms with Gasteiger partial charge in [-0.05, 0) is 63.3 Å². The monoisotopic (exact) mass is 613 g/mol. The molecular formula is C27H39Cl2N6O4S+. The first-order valence-electron chi connectivity index (χ1n) is 14.2. The summed E-state index contributed by atoms with van der Waals surface area (Å²) in [6.45, 7) is 2.48. The minimum absolute atomic E-state index is 0.0151. The Labute approximate surface area is 247 Å². The Hall–Kier alpha value is -1.78. The highest BCUT2D eigenvalue weighted by atomic mass is 35.5. The third kappa shape index (κ3) is 7.34. The van der Waals surface area contributed by atoms with E-state index in [1.165, 1.54) is 18.2 Å². The zero-order valence-electron chi connectivity index (χ0n) is 22.7. The second kappa shape index (κ2) is 13.9. The molecule has 3 aliphatic rings. The first kappa shape index (κ1) is 31.2. The number of fused-ring (bicyclic) bond motifs is 1.